The second-order valence-corrected chi connectivity index (χ2v) is 11.8. The number of hydrogen-bond acceptors (Lipinski definition) is 0. The first kappa shape index (κ1) is 24.9. The van der Waals surface area contributed by atoms with Crippen LogP contribution in [-0.4, -0.2) is 9.13 Å². The van der Waals surface area contributed by atoms with Crippen molar-refractivity contribution in [2.24, 2.45) is 0 Å². The predicted octanol–water partition coefficient (Wildman–Crippen LogP) is 11.1. The lowest BCUT2D eigenvalue weighted by Crippen LogP contribution is -1.99. The molecule has 0 N–H and O–H groups in total. The highest BCUT2D eigenvalue weighted by Crippen LogP contribution is 2.40. The number of nitrogens with zero attached hydrogens (tertiary/aromatic N) is 2. The molecule has 1 aliphatic carbocycles. The molecule has 1 unspecified atom stereocenters. The number of allylic oxidation sites excluding steroid dienone is 4. The van der Waals surface area contributed by atoms with E-state index in [-0.39, 0.29) is 0 Å². The third-order valence-corrected chi connectivity index (χ3v) is 9.26. The van der Waals surface area contributed by atoms with Crippen molar-refractivity contribution in [1.29, 1.82) is 0 Å². The minimum absolute atomic E-state index is 0.441. The Morgan fingerprint density at radius 3 is 1.57 bits per heavy atom. The Morgan fingerprint density at radius 2 is 0.977 bits per heavy atom. The zero-order chi connectivity index (χ0) is 29.0. The molecule has 8 aromatic rings. The number of hydrogen-bond donors (Lipinski definition) is 0. The average Bonchev–Trinajstić information content (AvgIpc) is 3.60. The van der Waals surface area contributed by atoms with E-state index < -0.39 is 0 Å². The first-order chi connectivity index (χ1) is 21.8. The van der Waals surface area contributed by atoms with Gasteiger partial charge in [0.05, 0.1) is 22.1 Å². The summed E-state index contributed by atoms with van der Waals surface area (Å²) in [4.78, 5) is 0. The molecule has 0 saturated carbocycles. The van der Waals surface area contributed by atoms with E-state index in [4.69, 9.17) is 0 Å². The lowest BCUT2D eigenvalue weighted by atomic mass is 9.92. The van der Waals surface area contributed by atoms with E-state index in [1.807, 2.05) is 0 Å². The van der Waals surface area contributed by atoms with Gasteiger partial charge in [-0.2, -0.15) is 0 Å². The van der Waals surface area contributed by atoms with Crippen LogP contribution < -0.4 is 0 Å². The maximum Gasteiger partial charge on any atom is 0.0562 e. The maximum absolute atomic E-state index is 2.44. The predicted molar refractivity (Wildman–Crippen MR) is 186 cm³/mol. The fourth-order valence-electron chi connectivity index (χ4n) is 7.12. The van der Waals surface area contributed by atoms with Crippen LogP contribution >= 0.6 is 0 Å². The summed E-state index contributed by atoms with van der Waals surface area (Å²) in [6.45, 7) is 0. The van der Waals surface area contributed by atoms with Gasteiger partial charge in [0.25, 0.3) is 0 Å². The number of benzene rings is 6. The Bertz CT molecular complexity index is 2380. The van der Waals surface area contributed by atoms with Crippen LogP contribution in [-0.2, 0) is 0 Å². The van der Waals surface area contributed by atoms with Crippen LogP contribution in [0.25, 0.3) is 66.1 Å². The van der Waals surface area contributed by atoms with Crippen LogP contribution in [0.3, 0.4) is 0 Å². The summed E-state index contributed by atoms with van der Waals surface area (Å²) in [5.74, 6) is 0.441. The van der Waals surface area contributed by atoms with Crippen LogP contribution in [0.1, 0.15) is 17.9 Å². The molecular weight excluding hydrogens is 532 g/mol. The van der Waals surface area contributed by atoms with Crippen LogP contribution in [0, 0.1) is 0 Å². The summed E-state index contributed by atoms with van der Waals surface area (Å²) in [7, 11) is 0. The Morgan fingerprint density at radius 1 is 0.432 bits per heavy atom. The highest BCUT2D eigenvalue weighted by Gasteiger charge is 2.18. The van der Waals surface area contributed by atoms with Crippen molar-refractivity contribution in [1.82, 2.24) is 9.13 Å². The highest BCUT2D eigenvalue weighted by molar-refractivity contribution is 6.19. The summed E-state index contributed by atoms with van der Waals surface area (Å²) in [6.07, 6.45) is 9.91. The van der Waals surface area contributed by atoms with Gasteiger partial charge < -0.3 is 9.13 Å². The van der Waals surface area contributed by atoms with E-state index in [0.29, 0.717) is 5.92 Å². The van der Waals surface area contributed by atoms with Gasteiger partial charge in [0.15, 0.2) is 0 Å². The lowest BCUT2D eigenvalue weighted by Gasteiger charge is -2.15. The van der Waals surface area contributed by atoms with Crippen molar-refractivity contribution in [2.45, 2.75) is 12.3 Å². The fourth-order valence-corrected chi connectivity index (χ4v) is 7.12. The highest BCUT2D eigenvalue weighted by atomic mass is 15.0. The average molecular weight is 563 g/mol. The summed E-state index contributed by atoms with van der Waals surface area (Å²) in [6, 6.07) is 51.1. The molecule has 0 radical (unpaired) electrons. The summed E-state index contributed by atoms with van der Waals surface area (Å²) >= 11 is 0. The largest absolute Gasteiger partial charge is 0.309 e. The molecule has 1 aliphatic rings. The number of para-hydroxylation sites is 2. The Labute approximate surface area is 256 Å². The summed E-state index contributed by atoms with van der Waals surface area (Å²) in [5.41, 5.74) is 11.0. The zero-order valence-electron chi connectivity index (χ0n) is 24.3. The standard InChI is InChI=1S/C42H30N2/c1-3-11-29(12-4-1)31-19-23-33(24-20-31)43-39-17-9-7-15-35(39)37-27-38-36-16-8-10-18-40(36)44(42(38)28-41(37)43)34-25-21-32(22-26-34)30-13-5-2-6-14-30/h1-13,15-28,30H,14H2. The molecule has 6 aromatic carbocycles. The van der Waals surface area contributed by atoms with Crippen molar-refractivity contribution < 1.29 is 0 Å². The summed E-state index contributed by atoms with van der Waals surface area (Å²) < 4.78 is 4.86. The quantitative estimate of drug-likeness (QED) is 0.202. The van der Waals surface area contributed by atoms with Crippen molar-refractivity contribution in [2.75, 3.05) is 0 Å². The van der Waals surface area contributed by atoms with E-state index in [1.54, 1.807) is 0 Å². The first-order valence-electron chi connectivity index (χ1n) is 15.4. The molecular formula is C42H30N2. The van der Waals surface area contributed by atoms with Gasteiger partial charge in [0, 0.05) is 38.8 Å². The van der Waals surface area contributed by atoms with Gasteiger partial charge in [-0.1, -0.05) is 115 Å². The van der Waals surface area contributed by atoms with Gasteiger partial charge in [0.1, 0.15) is 0 Å². The van der Waals surface area contributed by atoms with Crippen molar-refractivity contribution in [3.63, 3.8) is 0 Å². The van der Waals surface area contributed by atoms with Gasteiger partial charge in [0.2, 0.25) is 0 Å². The zero-order valence-corrected chi connectivity index (χ0v) is 24.3. The van der Waals surface area contributed by atoms with Crippen LogP contribution in [0.15, 0.2) is 164 Å². The molecule has 1 atom stereocenters. The van der Waals surface area contributed by atoms with E-state index >= 15 is 0 Å². The summed E-state index contributed by atoms with van der Waals surface area (Å²) in [5, 5.41) is 5.10. The van der Waals surface area contributed by atoms with Crippen LogP contribution in [0.4, 0.5) is 0 Å². The smallest absolute Gasteiger partial charge is 0.0562 e. The minimum atomic E-state index is 0.441. The topological polar surface area (TPSA) is 9.86 Å². The van der Waals surface area contributed by atoms with Gasteiger partial charge in [-0.3, -0.25) is 0 Å². The number of aromatic nitrogens is 2. The van der Waals surface area contributed by atoms with E-state index in [1.165, 1.54) is 66.0 Å². The van der Waals surface area contributed by atoms with Crippen molar-refractivity contribution >= 4 is 43.6 Å². The molecule has 0 bridgehead atoms. The Balaban J connectivity index is 1.27. The third kappa shape index (κ3) is 3.88. The van der Waals surface area contributed by atoms with Crippen LogP contribution in [0.2, 0.25) is 0 Å². The molecule has 0 saturated heterocycles. The molecule has 0 aliphatic heterocycles. The molecule has 0 amide bonds. The molecule has 44 heavy (non-hydrogen) atoms. The number of rotatable bonds is 4. The minimum Gasteiger partial charge on any atom is -0.309 e. The molecule has 9 rings (SSSR count). The third-order valence-electron chi connectivity index (χ3n) is 9.26. The second-order valence-electron chi connectivity index (χ2n) is 11.8. The molecule has 208 valence electrons. The van der Waals surface area contributed by atoms with Crippen LogP contribution in [0.5, 0.6) is 0 Å². The lowest BCUT2D eigenvalue weighted by molar-refractivity contribution is 0.853. The molecule has 2 nitrogen and oxygen atoms in total. The van der Waals surface area contributed by atoms with Gasteiger partial charge in [-0.15, -0.1) is 0 Å². The van der Waals surface area contributed by atoms with E-state index in [0.717, 1.165) is 12.1 Å². The molecule has 2 heteroatoms. The fraction of sp³-hybridized carbons (Fsp3) is 0.0476. The monoisotopic (exact) mass is 562 g/mol. The van der Waals surface area contributed by atoms with E-state index in [9.17, 15) is 0 Å². The normalized spacial score (nSPS) is 14.8. The first-order valence-corrected chi connectivity index (χ1v) is 15.4. The van der Waals surface area contributed by atoms with Crippen molar-refractivity contribution in [3.05, 3.63) is 169 Å². The molecule has 0 fully saturated rings. The Hall–Kier alpha value is -5.60. The SMILES string of the molecule is C1=CCC(c2ccc(-n3c4ccccc4c4cc5c6ccccc6n(-c6ccc(-c7ccccc7)cc6)c5cc43)cc2)C=C1. The van der Waals surface area contributed by atoms with Gasteiger partial charge >= 0.3 is 0 Å². The Kier molecular flexibility index (Phi) is 5.67. The second kappa shape index (κ2) is 10.00. The molecule has 2 heterocycles. The van der Waals surface area contributed by atoms with E-state index in [2.05, 4.69) is 173 Å². The number of fused-ring (bicyclic) bond motifs is 6. The van der Waals surface area contributed by atoms with Gasteiger partial charge in [-0.25, -0.2) is 0 Å². The van der Waals surface area contributed by atoms with Gasteiger partial charge in [-0.05, 0) is 71.6 Å². The maximum atomic E-state index is 2.44. The molecule has 0 spiro atoms. The molecule has 2 aromatic heterocycles. The van der Waals surface area contributed by atoms with Crippen molar-refractivity contribution in [3.8, 4) is 22.5 Å².